The first kappa shape index (κ1) is 11.6. The number of aromatic nitrogens is 1. The van der Waals surface area contributed by atoms with E-state index in [9.17, 15) is 9.18 Å². The van der Waals surface area contributed by atoms with Crippen molar-refractivity contribution in [1.82, 2.24) is 9.88 Å². The topological polar surface area (TPSA) is 33.2 Å². The van der Waals surface area contributed by atoms with Crippen LogP contribution in [0.2, 0.25) is 0 Å². The largest absolute Gasteiger partial charge is 0.324 e. The predicted octanol–water partition coefficient (Wildman–Crippen LogP) is 3.25. The maximum Gasteiger partial charge on any atom is 0.257 e. The molecule has 4 heteroatoms. The Bertz CT molecular complexity index is 669. The number of rotatable bonds is 1. The van der Waals surface area contributed by atoms with Crippen molar-refractivity contribution in [2.75, 3.05) is 0 Å². The second-order valence-corrected chi connectivity index (χ2v) is 5.31. The first-order valence-electron chi connectivity index (χ1n) is 6.78. The molecule has 0 aliphatic carbocycles. The molecule has 2 atom stereocenters. The number of amides is 1. The van der Waals surface area contributed by atoms with Crippen molar-refractivity contribution in [2.24, 2.45) is 0 Å². The number of carbonyl (C=O) groups is 1. The van der Waals surface area contributed by atoms with Gasteiger partial charge in [0.2, 0.25) is 0 Å². The third-order valence-corrected chi connectivity index (χ3v) is 4.34. The van der Waals surface area contributed by atoms with Crippen molar-refractivity contribution in [3.8, 4) is 0 Å². The highest BCUT2D eigenvalue weighted by Crippen LogP contribution is 2.53. The van der Waals surface area contributed by atoms with Crippen LogP contribution in [-0.2, 0) is 0 Å². The van der Waals surface area contributed by atoms with Crippen LogP contribution in [0.15, 0.2) is 42.7 Å². The summed E-state index contributed by atoms with van der Waals surface area (Å²) in [6.07, 6.45) is 4.47. The lowest BCUT2D eigenvalue weighted by Crippen LogP contribution is -2.28. The first-order valence-corrected chi connectivity index (χ1v) is 6.78. The van der Waals surface area contributed by atoms with E-state index in [1.807, 2.05) is 17.0 Å². The van der Waals surface area contributed by atoms with Gasteiger partial charge < -0.3 is 4.90 Å². The number of carbonyl (C=O) groups excluding carboxylic acids is 1. The smallest absolute Gasteiger partial charge is 0.257 e. The van der Waals surface area contributed by atoms with Crippen LogP contribution < -0.4 is 0 Å². The van der Waals surface area contributed by atoms with Gasteiger partial charge in [-0.2, -0.15) is 0 Å². The fourth-order valence-corrected chi connectivity index (χ4v) is 3.51. The van der Waals surface area contributed by atoms with Crippen LogP contribution in [-0.4, -0.2) is 15.8 Å². The summed E-state index contributed by atoms with van der Waals surface area (Å²) in [5.74, 6) is -0.776. The summed E-state index contributed by atoms with van der Waals surface area (Å²) in [6.45, 7) is 0. The molecule has 2 unspecified atom stereocenters. The molecule has 0 N–H and O–H groups in total. The average Bonchev–Trinajstić information content (AvgIpc) is 3.04. The van der Waals surface area contributed by atoms with E-state index >= 15 is 0 Å². The number of hydrogen-bond acceptors (Lipinski definition) is 2. The molecular formula is C16H13FN2O. The zero-order chi connectivity index (χ0) is 13.7. The molecule has 0 saturated carbocycles. The normalized spacial score (nSPS) is 22.9. The Morgan fingerprint density at radius 1 is 1.15 bits per heavy atom. The molecule has 2 aliphatic heterocycles. The standard InChI is InChI=1S/C16H13FN2O/c17-13-9-18-8-7-12(13)16(20)19-14-5-6-15(19)11-4-2-1-3-10(11)14/h1-4,7-9,14-15H,5-6H2. The lowest BCUT2D eigenvalue weighted by atomic mass is 9.92. The molecule has 1 aromatic carbocycles. The molecule has 1 amide bonds. The Morgan fingerprint density at radius 3 is 2.40 bits per heavy atom. The highest BCUT2D eigenvalue weighted by atomic mass is 19.1. The van der Waals surface area contributed by atoms with Gasteiger partial charge in [0.15, 0.2) is 5.82 Å². The Hall–Kier alpha value is -2.23. The van der Waals surface area contributed by atoms with E-state index < -0.39 is 5.82 Å². The number of fused-ring (bicyclic) bond motifs is 5. The molecule has 0 radical (unpaired) electrons. The monoisotopic (exact) mass is 268 g/mol. The number of halogens is 1. The second-order valence-electron chi connectivity index (χ2n) is 5.31. The molecule has 2 aromatic rings. The Kier molecular flexibility index (Phi) is 2.39. The molecule has 100 valence electrons. The van der Waals surface area contributed by atoms with Gasteiger partial charge in [-0.15, -0.1) is 0 Å². The van der Waals surface area contributed by atoms with Crippen LogP contribution in [0.5, 0.6) is 0 Å². The van der Waals surface area contributed by atoms with Gasteiger partial charge >= 0.3 is 0 Å². The molecule has 2 bridgehead atoms. The highest BCUT2D eigenvalue weighted by Gasteiger charge is 2.46. The number of nitrogens with zero attached hydrogens (tertiary/aromatic N) is 2. The van der Waals surface area contributed by atoms with Crippen LogP contribution in [0, 0.1) is 5.82 Å². The van der Waals surface area contributed by atoms with Gasteiger partial charge in [-0.3, -0.25) is 9.78 Å². The molecule has 20 heavy (non-hydrogen) atoms. The van der Waals surface area contributed by atoms with Crippen LogP contribution >= 0.6 is 0 Å². The van der Waals surface area contributed by atoms with Gasteiger partial charge in [-0.05, 0) is 30.0 Å². The van der Waals surface area contributed by atoms with E-state index in [-0.39, 0.29) is 23.6 Å². The molecular weight excluding hydrogens is 255 g/mol. The van der Waals surface area contributed by atoms with E-state index in [1.165, 1.54) is 23.4 Å². The third kappa shape index (κ3) is 1.45. The molecule has 3 heterocycles. The van der Waals surface area contributed by atoms with Gasteiger partial charge in [0, 0.05) is 6.20 Å². The van der Waals surface area contributed by atoms with Crippen molar-refractivity contribution in [3.63, 3.8) is 0 Å². The van der Waals surface area contributed by atoms with Gasteiger partial charge in [0.25, 0.3) is 5.91 Å². The summed E-state index contributed by atoms with van der Waals surface area (Å²) in [5, 5.41) is 0. The molecule has 3 nitrogen and oxygen atoms in total. The van der Waals surface area contributed by atoms with E-state index in [1.54, 1.807) is 0 Å². The predicted molar refractivity (Wildman–Crippen MR) is 71.5 cm³/mol. The molecule has 0 spiro atoms. The Morgan fingerprint density at radius 2 is 1.80 bits per heavy atom. The minimum Gasteiger partial charge on any atom is -0.324 e. The number of hydrogen-bond donors (Lipinski definition) is 0. The summed E-state index contributed by atoms with van der Waals surface area (Å²) >= 11 is 0. The Labute approximate surface area is 116 Å². The highest BCUT2D eigenvalue weighted by molar-refractivity contribution is 5.95. The molecule has 1 saturated heterocycles. The molecule has 2 aliphatic rings. The van der Waals surface area contributed by atoms with Gasteiger partial charge in [-0.1, -0.05) is 24.3 Å². The SMILES string of the molecule is O=C(c1ccncc1F)N1C2CCC1c1ccccc12. The quantitative estimate of drug-likeness (QED) is 0.795. The van der Waals surface area contributed by atoms with Crippen molar-refractivity contribution >= 4 is 5.91 Å². The number of pyridine rings is 1. The maximum atomic E-state index is 13.8. The van der Waals surface area contributed by atoms with E-state index in [0.29, 0.717) is 0 Å². The van der Waals surface area contributed by atoms with Crippen LogP contribution in [0.1, 0.15) is 46.4 Å². The zero-order valence-corrected chi connectivity index (χ0v) is 10.8. The minimum absolute atomic E-state index is 0.0938. The van der Waals surface area contributed by atoms with E-state index in [0.717, 1.165) is 19.0 Å². The van der Waals surface area contributed by atoms with Crippen molar-refractivity contribution in [2.45, 2.75) is 24.9 Å². The number of benzene rings is 1. The lowest BCUT2D eigenvalue weighted by molar-refractivity contribution is 0.0692. The average molecular weight is 268 g/mol. The maximum absolute atomic E-state index is 13.8. The molecule has 4 rings (SSSR count). The Balaban J connectivity index is 1.76. The van der Waals surface area contributed by atoms with Crippen molar-refractivity contribution in [3.05, 3.63) is 65.2 Å². The van der Waals surface area contributed by atoms with Gasteiger partial charge in [0.1, 0.15) is 0 Å². The summed E-state index contributed by atoms with van der Waals surface area (Å²) in [6, 6.07) is 9.78. The van der Waals surface area contributed by atoms with E-state index in [4.69, 9.17) is 0 Å². The van der Waals surface area contributed by atoms with Crippen molar-refractivity contribution < 1.29 is 9.18 Å². The second kappa shape index (κ2) is 4.13. The molecule has 1 fully saturated rings. The molecule has 1 aromatic heterocycles. The zero-order valence-electron chi connectivity index (χ0n) is 10.8. The van der Waals surface area contributed by atoms with Gasteiger partial charge in [-0.25, -0.2) is 4.39 Å². The fraction of sp³-hybridized carbons (Fsp3) is 0.250. The van der Waals surface area contributed by atoms with Crippen LogP contribution in [0.4, 0.5) is 4.39 Å². The van der Waals surface area contributed by atoms with Crippen LogP contribution in [0.25, 0.3) is 0 Å². The summed E-state index contributed by atoms with van der Waals surface area (Å²) in [5.41, 5.74) is 2.54. The summed E-state index contributed by atoms with van der Waals surface area (Å²) in [7, 11) is 0. The van der Waals surface area contributed by atoms with Crippen LogP contribution in [0.3, 0.4) is 0 Å². The fourth-order valence-electron chi connectivity index (χ4n) is 3.51. The van der Waals surface area contributed by atoms with E-state index in [2.05, 4.69) is 17.1 Å². The van der Waals surface area contributed by atoms with Crippen molar-refractivity contribution in [1.29, 1.82) is 0 Å². The first-order chi connectivity index (χ1) is 9.77. The third-order valence-electron chi connectivity index (χ3n) is 4.34. The summed E-state index contributed by atoms with van der Waals surface area (Å²) < 4.78 is 13.8. The van der Waals surface area contributed by atoms with Gasteiger partial charge in [0.05, 0.1) is 23.8 Å². The minimum atomic E-state index is -0.548. The summed E-state index contributed by atoms with van der Waals surface area (Å²) in [4.78, 5) is 18.2. The lowest BCUT2D eigenvalue weighted by Gasteiger charge is -2.22.